The van der Waals surface area contributed by atoms with Crippen molar-refractivity contribution in [2.45, 2.75) is 13.8 Å². The molecule has 0 atom stereocenters. The van der Waals surface area contributed by atoms with E-state index in [9.17, 15) is 24.6 Å². The molecule has 0 aliphatic heterocycles. The third kappa shape index (κ3) is 5.89. The molecular weight excluding hydrogens is 436 g/mol. The van der Waals surface area contributed by atoms with E-state index < -0.39 is 51.5 Å². The number of rotatable bonds is 10. The van der Waals surface area contributed by atoms with Crippen LogP contribution in [0.15, 0.2) is 96.1 Å². The van der Waals surface area contributed by atoms with Gasteiger partial charge >= 0.3 is 11.9 Å². The lowest BCUT2D eigenvalue weighted by Gasteiger charge is -2.17. The fraction of sp³-hybridized carbons (Fsp3) is 0.148. The van der Waals surface area contributed by atoms with Crippen LogP contribution in [0.3, 0.4) is 0 Å². The zero-order chi connectivity index (χ0) is 25.3. The lowest BCUT2D eigenvalue weighted by atomic mass is 9.89. The van der Waals surface area contributed by atoms with Crippen molar-refractivity contribution in [2.24, 2.45) is 0 Å². The van der Waals surface area contributed by atoms with Gasteiger partial charge in [0.1, 0.15) is 11.5 Å². The second kappa shape index (κ2) is 12.0. The average Bonchev–Trinajstić information content (AvgIpc) is 2.85. The van der Waals surface area contributed by atoms with E-state index in [-0.39, 0.29) is 24.3 Å². The normalized spacial score (nSPS) is 12.1. The second-order valence-electron chi connectivity index (χ2n) is 6.91. The van der Waals surface area contributed by atoms with Crippen LogP contribution in [0.4, 0.5) is 0 Å². The van der Waals surface area contributed by atoms with Crippen LogP contribution in [0, 0.1) is 0 Å². The first-order chi connectivity index (χ1) is 16.2. The van der Waals surface area contributed by atoms with Crippen LogP contribution in [-0.2, 0) is 23.9 Å². The second-order valence-corrected chi connectivity index (χ2v) is 6.91. The smallest absolute Gasteiger partial charge is 0.338 e. The topological polar surface area (TPSA) is 110 Å². The van der Waals surface area contributed by atoms with E-state index in [2.05, 4.69) is 13.2 Å². The third-order valence-electron chi connectivity index (χ3n) is 4.67. The number of hydrogen-bond donors (Lipinski definition) is 2. The molecular formula is C27H26O7. The zero-order valence-corrected chi connectivity index (χ0v) is 19.0. The summed E-state index contributed by atoms with van der Waals surface area (Å²) in [5, 5.41) is 22.0. The summed E-state index contributed by atoms with van der Waals surface area (Å²) >= 11 is 0. The van der Waals surface area contributed by atoms with Crippen LogP contribution in [0.2, 0.25) is 0 Å². The number of esters is 2. The molecule has 2 aromatic rings. The number of ether oxygens (including phenoxy) is 2. The van der Waals surface area contributed by atoms with Gasteiger partial charge in [0.25, 0.3) is 0 Å². The molecule has 0 amide bonds. The van der Waals surface area contributed by atoms with Gasteiger partial charge in [-0.1, -0.05) is 73.8 Å². The lowest BCUT2D eigenvalue weighted by molar-refractivity contribution is -0.139. The van der Waals surface area contributed by atoms with Crippen molar-refractivity contribution in [1.82, 2.24) is 0 Å². The summed E-state index contributed by atoms with van der Waals surface area (Å²) in [6.45, 7) is 10.4. The Morgan fingerprint density at radius 2 is 1.00 bits per heavy atom. The van der Waals surface area contributed by atoms with Crippen LogP contribution >= 0.6 is 0 Å². The maximum Gasteiger partial charge on any atom is 0.338 e. The van der Waals surface area contributed by atoms with Crippen LogP contribution in [0.5, 0.6) is 0 Å². The summed E-state index contributed by atoms with van der Waals surface area (Å²) in [7, 11) is 0. The average molecular weight is 462 g/mol. The summed E-state index contributed by atoms with van der Waals surface area (Å²) in [5.74, 6) is -4.13. The summed E-state index contributed by atoms with van der Waals surface area (Å²) in [6.07, 6.45) is 0. The molecule has 0 aliphatic rings. The molecule has 0 unspecified atom stereocenters. The molecule has 0 fully saturated rings. The van der Waals surface area contributed by atoms with E-state index in [0.717, 1.165) is 0 Å². The van der Waals surface area contributed by atoms with Crippen molar-refractivity contribution < 1.29 is 34.1 Å². The summed E-state index contributed by atoms with van der Waals surface area (Å²) < 4.78 is 9.93. The fourth-order valence-corrected chi connectivity index (χ4v) is 3.02. The Balaban J connectivity index is 2.81. The van der Waals surface area contributed by atoms with Crippen molar-refractivity contribution >= 4 is 29.2 Å². The first-order valence-corrected chi connectivity index (χ1v) is 10.5. The van der Waals surface area contributed by atoms with E-state index in [4.69, 9.17) is 9.47 Å². The van der Waals surface area contributed by atoms with Gasteiger partial charge in [0.05, 0.1) is 35.5 Å². The summed E-state index contributed by atoms with van der Waals surface area (Å²) in [4.78, 5) is 38.8. The number of ketones is 1. The Hall–Kier alpha value is -4.39. The molecule has 7 heteroatoms. The Morgan fingerprint density at radius 1 is 0.676 bits per heavy atom. The molecule has 0 spiro atoms. The van der Waals surface area contributed by atoms with Gasteiger partial charge in [-0.2, -0.15) is 0 Å². The number of carbonyl (C=O) groups excluding carboxylic acids is 3. The molecule has 0 saturated carbocycles. The van der Waals surface area contributed by atoms with Gasteiger partial charge in [-0.05, 0) is 13.8 Å². The number of aliphatic hydroxyl groups is 2. The van der Waals surface area contributed by atoms with Crippen molar-refractivity contribution in [1.29, 1.82) is 0 Å². The van der Waals surface area contributed by atoms with Crippen molar-refractivity contribution in [3.8, 4) is 0 Å². The largest absolute Gasteiger partial charge is 0.507 e. The summed E-state index contributed by atoms with van der Waals surface area (Å²) in [6, 6.07) is 16.0. The minimum Gasteiger partial charge on any atom is -0.507 e. The number of carbonyl (C=O) groups is 3. The molecule has 2 N–H and O–H groups in total. The molecule has 2 aromatic carbocycles. The minimum absolute atomic E-state index is 0.00107. The van der Waals surface area contributed by atoms with E-state index >= 15 is 0 Å². The van der Waals surface area contributed by atoms with Crippen molar-refractivity contribution in [2.75, 3.05) is 13.2 Å². The van der Waals surface area contributed by atoms with Gasteiger partial charge in [-0.15, -0.1) is 0 Å². The van der Waals surface area contributed by atoms with Gasteiger partial charge in [0.2, 0.25) is 5.78 Å². The highest BCUT2D eigenvalue weighted by Crippen LogP contribution is 2.31. The highest BCUT2D eigenvalue weighted by molar-refractivity contribution is 6.27. The Labute approximate surface area is 198 Å². The number of Topliss-reactive ketones (excluding diaryl/α,β-unsaturated/α-hetero) is 1. The van der Waals surface area contributed by atoms with Crippen LogP contribution in [-0.4, -0.2) is 41.1 Å². The molecule has 0 saturated heterocycles. The third-order valence-corrected chi connectivity index (χ3v) is 4.67. The standard InChI is InChI=1S/C27H26O7/c1-5-33-26(31)17(3)21(23(28)19-13-9-7-10-14-19)25(30)22(18(4)27(32)34-6-2)24(29)20-15-11-8-12-16-20/h7-16,28-29H,3-6H2,1-2H3/b23-21-,24-22+. The molecule has 0 heterocycles. The Bertz CT molecular complexity index is 1060. The van der Waals surface area contributed by atoms with E-state index in [1.807, 2.05) is 0 Å². The molecule has 34 heavy (non-hydrogen) atoms. The maximum atomic E-state index is 13.8. The fourth-order valence-electron chi connectivity index (χ4n) is 3.02. The van der Waals surface area contributed by atoms with Crippen LogP contribution < -0.4 is 0 Å². The molecule has 2 rings (SSSR count). The number of aliphatic hydroxyl groups excluding tert-OH is 2. The van der Waals surface area contributed by atoms with Gasteiger partial charge in [0.15, 0.2) is 0 Å². The Kier molecular flexibility index (Phi) is 9.14. The predicted molar refractivity (Wildman–Crippen MR) is 129 cm³/mol. The predicted octanol–water partition coefficient (Wildman–Crippen LogP) is 4.73. The van der Waals surface area contributed by atoms with Crippen molar-refractivity contribution in [3.63, 3.8) is 0 Å². The maximum absolute atomic E-state index is 13.8. The highest BCUT2D eigenvalue weighted by Gasteiger charge is 2.33. The van der Waals surface area contributed by atoms with Gasteiger partial charge in [0, 0.05) is 11.1 Å². The van der Waals surface area contributed by atoms with Gasteiger partial charge < -0.3 is 19.7 Å². The van der Waals surface area contributed by atoms with Crippen molar-refractivity contribution in [3.05, 3.63) is 107 Å². The Morgan fingerprint density at radius 3 is 1.29 bits per heavy atom. The van der Waals surface area contributed by atoms with E-state index in [1.54, 1.807) is 50.2 Å². The van der Waals surface area contributed by atoms with Crippen LogP contribution in [0.1, 0.15) is 25.0 Å². The summed E-state index contributed by atoms with van der Waals surface area (Å²) in [5.41, 5.74) is -1.60. The molecule has 0 aromatic heterocycles. The number of benzene rings is 2. The SMILES string of the molecule is C=C(C(=O)OCC)/C(C(=O)/C(C(=C)C(=O)OCC)=C(/O)c1ccccc1)=C(/O)c1ccccc1. The highest BCUT2D eigenvalue weighted by atomic mass is 16.5. The van der Waals surface area contributed by atoms with Gasteiger partial charge in [-0.25, -0.2) is 9.59 Å². The minimum atomic E-state index is -1.06. The number of hydrogen-bond acceptors (Lipinski definition) is 7. The van der Waals surface area contributed by atoms with E-state index in [0.29, 0.717) is 0 Å². The molecule has 7 nitrogen and oxygen atoms in total. The quantitative estimate of drug-likeness (QED) is 0.227. The molecule has 176 valence electrons. The first-order valence-electron chi connectivity index (χ1n) is 10.5. The van der Waals surface area contributed by atoms with Crippen LogP contribution in [0.25, 0.3) is 11.5 Å². The molecule has 0 radical (unpaired) electrons. The first kappa shape index (κ1) is 25.9. The van der Waals surface area contributed by atoms with Gasteiger partial charge in [-0.3, -0.25) is 4.79 Å². The monoisotopic (exact) mass is 462 g/mol. The lowest BCUT2D eigenvalue weighted by Crippen LogP contribution is -2.22. The molecule has 0 bridgehead atoms. The van der Waals surface area contributed by atoms with E-state index in [1.165, 1.54) is 24.3 Å². The zero-order valence-electron chi connectivity index (χ0n) is 19.0. The molecule has 0 aliphatic carbocycles.